The number of nitrogens with one attached hydrogen (secondary N) is 2. The molecule has 1 aromatic rings. The number of guanidine groups is 1. The van der Waals surface area contributed by atoms with Crippen LogP contribution < -0.4 is 10.6 Å². The molecule has 2 N–H and O–H groups in total. The van der Waals surface area contributed by atoms with Gasteiger partial charge in [-0.1, -0.05) is 0 Å². The van der Waals surface area contributed by atoms with E-state index in [-0.39, 0.29) is 36.6 Å². The zero-order valence-electron chi connectivity index (χ0n) is 11.4. The lowest BCUT2D eigenvalue weighted by Crippen LogP contribution is -2.40. The first-order chi connectivity index (χ1) is 8.82. The SMILES string of the molecule is CCNC(=NCc1nc(C(F)(F)F)cs1)NC(C)C.I. The zero-order chi connectivity index (χ0) is 14.5. The summed E-state index contributed by atoms with van der Waals surface area (Å²) in [7, 11) is 0. The second-order valence-electron chi connectivity index (χ2n) is 4.12. The van der Waals surface area contributed by atoms with Gasteiger partial charge in [0.15, 0.2) is 11.7 Å². The van der Waals surface area contributed by atoms with Gasteiger partial charge in [0.1, 0.15) is 5.01 Å². The van der Waals surface area contributed by atoms with Gasteiger partial charge in [-0.2, -0.15) is 13.2 Å². The predicted octanol–water partition coefficient (Wildman–Crippen LogP) is 3.24. The minimum atomic E-state index is -4.39. The van der Waals surface area contributed by atoms with Crippen molar-refractivity contribution in [3.63, 3.8) is 0 Å². The number of nitrogens with zero attached hydrogens (tertiary/aromatic N) is 2. The highest BCUT2D eigenvalue weighted by atomic mass is 127. The molecule has 1 rings (SSSR count). The molecule has 0 saturated heterocycles. The number of thiazole rings is 1. The van der Waals surface area contributed by atoms with Gasteiger partial charge in [0.25, 0.3) is 0 Å². The molecule has 0 fully saturated rings. The van der Waals surface area contributed by atoms with Crippen LogP contribution in [0.4, 0.5) is 13.2 Å². The highest BCUT2D eigenvalue weighted by molar-refractivity contribution is 14.0. The van der Waals surface area contributed by atoms with Crippen LogP contribution in [0.2, 0.25) is 0 Å². The molecule has 0 unspecified atom stereocenters. The van der Waals surface area contributed by atoms with Crippen LogP contribution in [-0.2, 0) is 12.7 Å². The summed E-state index contributed by atoms with van der Waals surface area (Å²) in [6, 6.07) is 0.194. The number of hydrogen-bond donors (Lipinski definition) is 2. The second kappa shape index (κ2) is 8.65. The van der Waals surface area contributed by atoms with E-state index in [4.69, 9.17) is 0 Å². The van der Waals surface area contributed by atoms with Gasteiger partial charge in [0.05, 0.1) is 6.54 Å². The highest BCUT2D eigenvalue weighted by Crippen LogP contribution is 2.30. The third kappa shape index (κ3) is 6.73. The molecular formula is C11H18F3IN4S. The van der Waals surface area contributed by atoms with Gasteiger partial charge in [0, 0.05) is 18.0 Å². The van der Waals surface area contributed by atoms with Crippen LogP contribution in [0, 0.1) is 0 Å². The first-order valence-electron chi connectivity index (χ1n) is 5.89. The fourth-order valence-electron chi connectivity index (χ4n) is 1.25. The predicted molar refractivity (Wildman–Crippen MR) is 85.6 cm³/mol. The Labute approximate surface area is 137 Å². The van der Waals surface area contributed by atoms with E-state index in [0.29, 0.717) is 17.5 Å². The smallest absolute Gasteiger partial charge is 0.357 e. The van der Waals surface area contributed by atoms with Crippen molar-refractivity contribution in [1.82, 2.24) is 15.6 Å². The molecule has 0 aliphatic heterocycles. The highest BCUT2D eigenvalue weighted by Gasteiger charge is 2.33. The largest absolute Gasteiger partial charge is 0.434 e. The third-order valence-corrected chi connectivity index (χ3v) is 2.82. The third-order valence-electron chi connectivity index (χ3n) is 1.98. The molecule has 20 heavy (non-hydrogen) atoms. The van der Waals surface area contributed by atoms with E-state index in [2.05, 4.69) is 20.6 Å². The van der Waals surface area contributed by atoms with Crippen LogP contribution in [-0.4, -0.2) is 23.5 Å². The van der Waals surface area contributed by atoms with Crippen LogP contribution in [0.25, 0.3) is 0 Å². The topological polar surface area (TPSA) is 49.3 Å². The summed E-state index contributed by atoms with van der Waals surface area (Å²) in [6.07, 6.45) is -4.39. The van der Waals surface area contributed by atoms with Crippen molar-refractivity contribution in [2.24, 2.45) is 4.99 Å². The number of aromatic nitrogens is 1. The van der Waals surface area contributed by atoms with E-state index >= 15 is 0 Å². The maximum absolute atomic E-state index is 12.4. The number of rotatable bonds is 4. The molecule has 0 aliphatic carbocycles. The van der Waals surface area contributed by atoms with Gasteiger partial charge >= 0.3 is 6.18 Å². The van der Waals surface area contributed by atoms with Crippen molar-refractivity contribution < 1.29 is 13.2 Å². The van der Waals surface area contributed by atoms with Crippen molar-refractivity contribution in [3.05, 3.63) is 16.1 Å². The number of hydrogen-bond acceptors (Lipinski definition) is 3. The Morgan fingerprint density at radius 3 is 2.55 bits per heavy atom. The average Bonchev–Trinajstić information content (AvgIpc) is 2.73. The van der Waals surface area contributed by atoms with Gasteiger partial charge in [-0.25, -0.2) is 9.98 Å². The summed E-state index contributed by atoms with van der Waals surface area (Å²) < 4.78 is 37.1. The van der Waals surface area contributed by atoms with Crippen LogP contribution in [0.5, 0.6) is 0 Å². The first kappa shape index (κ1) is 19.4. The van der Waals surface area contributed by atoms with Gasteiger partial charge in [0.2, 0.25) is 0 Å². The van der Waals surface area contributed by atoms with Gasteiger partial charge in [-0.3, -0.25) is 0 Å². The standard InChI is InChI=1S/C11H17F3N4S.HI/c1-4-15-10(17-7(2)3)16-5-9-18-8(6-19-9)11(12,13)14;/h6-7H,4-5H2,1-3H3,(H2,15,16,17);1H. The summed E-state index contributed by atoms with van der Waals surface area (Å²) in [4.78, 5) is 7.72. The summed E-state index contributed by atoms with van der Waals surface area (Å²) in [6.45, 7) is 6.64. The lowest BCUT2D eigenvalue weighted by Gasteiger charge is -2.13. The monoisotopic (exact) mass is 422 g/mol. The van der Waals surface area contributed by atoms with Gasteiger partial charge in [-0.05, 0) is 20.8 Å². The maximum atomic E-state index is 12.4. The van der Waals surface area contributed by atoms with Crippen molar-refractivity contribution in [1.29, 1.82) is 0 Å². The minimum absolute atomic E-state index is 0. The van der Waals surface area contributed by atoms with Crippen LogP contribution in [0.1, 0.15) is 31.5 Å². The lowest BCUT2D eigenvalue weighted by atomic mass is 10.4. The van der Waals surface area contributed by atoms with Gasteiger partial charge in [-0.15, -0.1) is 35.3 Å². The number of aliphatic imine (C=N–C) groups is 1. The number of alkyl halides is 3. The lowest BCUT2D eigenvalue weighted by molar-refractivity contribution is -0.140. The summed E-state index contributed by atoms with van der Waals surface area (Å²) in [5, 5.41) is 7.44. The molecule has 0 bridgehead atoms. The normalized spacial score (nSPS) is 12.2. The van der Waals surface area contributed by atoms with Crippen molar-refractivity contribution in [3.8, 4) is 0 Å². The average molecular weight is 422 g/mol. The fourth-order valence-corrected chi connectivity index (χ4v) is 1.98. The van der Waals surface area contributed by atoms with E-state index in [1.54, 1.807) is 0 Å². The molecule has 116 valence electrons. The Balaban J connectivity index is 0.00000361. The first-order valence-corrected chi connectivity index (χ1v) is 6.77. The zero-order valence-corrected chi connectivity index (χ0v) is 14.6. The van der Waals surface area contributed by atoms with Crippen molar-refractivity contribution in [2.45, 2.75) is 39.5 Å². The Bertz CT molecular complexity index is 432. The molecule has 0 atom stereocenters. The van der Waals surface area contributed by atoms with Crippen LogP contribution >= 0.6 is 35.3 Å². The molecule has 1 aromatic heterocycles. The molecule has 1 heterocycles. The molecule has 0 amide bonds. The van der Waals surface area contributed by atoms with E-state index < -0.39 is 11.9 Å². The minimum Gasteiger partial charge on any atom is -0.357 e. The molecule has 9 heteroatoms. The van der Waals surface area contributed by atoms with E-state index in [1.807, 2.05) is 20.8 Å². The van der Waals surface area contributed by atoms with E-state index in [0.717, 1.165) is 16.7 Å². The molecule has 0 aromatic carbocycles. The maximum Gasteiger partial charge on any atom is 0.434 e. The second-order valence-corrected chi connectivity index (χ2v) is 5.06. The summed E-state index contributed by atoms with van der Waals surface area (Å²) in [5.74, 6) is 0.571. The Kier molecular flexibility index (Phi) is 8.40. The summed E-state index contributed by atoms with van der Waals surface area (Å²) >= 11 is 0.962. The molecule has 0 radical (unpaired) electrons. The Morgan fingerprint density at radius 2 is 2.10 bits per heavy atom. The summed E-state index contributed by atoms with van der Waals surface area (Å²) in [5.41, 5.74) is -0.857. The molecule has 0 spiro atoms. The Morgan fingerprint density at radius 1 is 1.45 bits per heavy atom. The fraction of sp³-hybridized carbons (Fsp3) is 0.636. The molecule has 0 aliphatic rings. The quantitative estimate of drug-likeness (QED) is 0.445. The number of halogens is 4. The van der Waals surface area contributed by atoms with Gasteiger partial charge < -0.3 is 10.6 Å². The van der Waals surface area contributed by atoms with Crippen LogP contribution in [0.15, 0.2) is 10.4 Å². The molecule has 0 saturated carbocycles. The van der Waals surface area contributed by atoms with E-state index in [1.165, 1.54) is 0 Å². The van der Waals surface area contributed by atoms with Crippen molar-refractivity contribution >= 4 is 41.3 Å². The molecule has 4 nitrogen and oxygen atoms in total. The Hall–Kier alpha value is -0.580. The van der Waals surface area contributed by atoms with E-state index in [9.17, 15) is 13.2 Å². The van der Waals surface area contributed by atoms with Crippen molar-refractivity contribution in [2.75, 3.05) is 6.54 Å². The van der Waals surface area contributed by atoms with Crippen LogP contribution in [0.3, 0.4) is 0 Å². The molecular weight excluding hydrogens is 404 g/mol.